The van der Waals surface area contributed by atoms with Crippen LogP contribution in [0.25, 0.3) is 22.9 Å². The Hall–Kier alpha value is -2.48. The quantitative estimate of drug-likeness (QED) is 0.787. The number of rotatable bonds is 4. The number of H-pyrrole nitrogens is 1. The molecule has 0 aromatic carbocycles. The number of nitrogens with one attached hydrogen (secondary N) is 1. The molecule has 0 spiro atoms. The van der Waals surface area contributed by atoms with E-state index < -0.39 is 0 Å². The Morgan fingerprint density at radius 3 is 2.80 bits per heavy atom. The van der Waals surface area contributed by atoms with E-state index in [1.165, 1.54) is 18.5 Å². The smallest absolute Gasteiger partial charge is 0.185 e. The van der Waals surface area contributed by atoms with E-state index >= 15 is 0 Å². The van der Waals surface area contributed by atoms with Crippen molar-refractivity contribution in [3.8, 4) is 22.9 Å². The van der Waals surface area contributed by atoms with Gasteiger partial charge in [-0.05, 0) is 32.3 Å². The second kappa shape index (κ2) is 5.52. The summed E-state index contributed by atoms with van der Waals surface area (Å²) in [5, 5.41) is 16.6. The molecule has 4 heterocycles. The second-order valence-corrected chi connectivity index (χ2v) is 6.98. The van der Waals surface area contributed by atoms with Gasteiger partial charge in [-0.2, -0.15) is 10.2 Å². The van der Waals surface area contributed by atoms with Crippen molar-refractivity contribution in [1.29, 1.82) is 0 Å². The van der Waals surface area contributed by atoms with Gasteiger partial charge in [0.1, 0.15) is 5.69 Å². The van der Waals surface area contributed by atoms with Crippen LogP contribution in [0.4, 0.5) is 0 Å². The molecule has 2 fully saturated rings. The zero-order chi connectivity index (χ0) is 17.0. The maximum Gasteiger partial charge on any atom is 0.185 e. The molecule has 3 aromatic rings. The maximum atomic E-state index is 5.57. The number of aromatic amines is 1. The molecule has 5 rings (SSSR count). The first-order valence-corrected chi connectivity index (χ1v) is 8.79. The number of aryl methyl sites for hydroxylation is 2. The van der Waals surface area contributed by atoms with Gasteiger partial charge >= 0.3 is 0 Å². The summed E-state index contributed by atoms with van der Waals surface area (Å²) in [6.45, 7) is 3.41. The molecule has 8 heteroatoms. The van der Waals surface area contributed by atoms with Crippen molar-refractivity contribution in [2.24, 2.45) is 7.05 Å². The van der Waals surface area contributed by atoms with Crippen molar-refractivity contribution in [2.75, 3.05) is 13.2 Å². The Morgan fingerprint density at radius 2 is 2.12 bits per heavy atom. The Labute approximate surface area is 145 Å². The van der Waals surface area contributed by atoms with Crippen LogP contribution < -0.4 is 0 Å². The highest BCUT2D eigenvalue weighted by Crippen LogP contribution is 2.41. The molecule has 8 nitrogen and oxygen atoms in total. The third-order valence-corrected chi connectivity index (χ3v) is 5.09. The SMILES string of the molecule is Cc1[nH]ncc1-c1nc(-c2cc(C3CC3)n(C)n2)n(C2CCOC2)n1. The van der Waals surface area contributed by atoms with Gasteiger partial charge in [-0.3, -0.25) is 9.78 Å². The van der Waals surface area contributed by atoms with Gasteiger partial charge in [-0.15, -0.1) is 5.10 Å². The molecule has 1 saturated heterocycles. The van der Waals surface area contributed by atoms with Gasteiger partial charge in [0.05, 0.1) is 24.4 Å². The molecular weight excluding hydrogens is 318 g/mol. The third kappa shape index (κ3) is 2.48. The summed E-state index contributed by atoms with van der Waals surface area (Å²) in [7, 11) is 2.01. The van der Waals surface area contributed by atoms with Crippen molar-refractivity contribution >= 4 is 0 Å². The van der Waals surface area contributed by atoms with Gasteiger partial charge in [-0.1, -0.05) is 0 Å². The molecule has 0 radical (unpaired) electrons. The molecule has 0 bridgehead atoms. The Balaban J connectivity index is 1.62. The average molecular weight is 339 g/mol. The van der Waals surface area contributed by atoms with Crippen molar-refractivity contribution in [2.45, 2.75) is 38.1 Å². The Bertz CT molecular complexity index is 911. The van der Waals surface area contributed by atoms with Crippen LogP contribution in [-0.4, -0.2) is 48.0 Å². The molecule has 3 aromatic heterocycles. The molecule has 1 atom stereocenters. The number of hydrogen-bond donors (Lipinski definition) is 1. The average Bonchev–Trinajstić information content (AvgIpc) is 3.04. The molecule has 1 N–H and O–H groups in total. The highest BCUT2D eigenvalue weighted by atomic mass is 16.5. The Kier molecular flexibility index (Phi) is 3.27. The van der Waals surface area contributed by atoms with Gasteiger partial charge in [0.15, 0.2) is 11.6 Å². The molecular formula is C17H21N7O. The monoisotopic (exact) mass is 339 g/mol. The van der Waals surface area contributed by atoms with Gasteiger partial charge in [0.2, 0.25) is 0 Å². The molecule has 25 heavy (non-hydrogen) atoms. The summed E-state index contributed by atoms with van der Waals surface area (Å²) in [6, 6.07) is 2.37. The Morgan fingerprint density at radius 1 is 1.24 bits per heavy atom. The molecule has 1 saturated carbocycles. The summed E-state index contributed by atoms with van der Waals surface area (Å²) in [5.41, 5.74) is 4.06. The van der Waals surface area contributed by atoms with Gasteiger partial charge < -0.3 is 4.74 Å². The second-order valence-electron chi connectivity index (χ2n) is 6.98. The van der Waals surface area contributed by atoms with Crippen LogP contribution in [0.15, 0.2) is 12.3 Å². The molecule has 2 aliphatic rings. The first-order chi connectivity index (χ1) is 12.2. The predicted octanol–water partition coefficient (Wildman–Crippen LogP) is 2.22. The molecule has 0 amide bonds. The van der Waals surface area contributed by atoms with E-state index in [2.05, 4.69) is 16.3 Å². The van der Waals surface area contributed by atoms with Crippen LogP contribution in [0.2, 0.25) is 0 Å². The van der Waals surface area contributed by atoms with E-state index in [9.17, 15) is 0 Å². The molecule has 1 aliphatic heterocycles. The normalized spacial score (nSPS) is 20.5. The third-order valence-electron chi connectivity index (χ3n) is 5.09. The predicted molar refractivity (Wildman–Crippen MR) is 91.0 cm³/mol. The van der Waals surface area contributed by atoms with E-state index in [0.29, 0.717) is 18.3 Å². The van der Waals surface area contributed by atoms with E-state index in [0.717, 1.165) is 35.8 Å². The lowest BCUT2D eigenvalue weighted by atomic mass is 10.2. The molecule has 130 valence electrons. The fourth-order valence-corrected chi connectivity index (χ4v) is 3.51. The number of hydrogen-bond acceptors (Lipinski definition) is 5. The highest BCUT2D eigenvalue weighted by Gasteiger charge is 2.30. The summed E-state index contributed by atoms with van der Waals surface area (Å²) in [5.74, 6) is 2.15. The van der Waals surface area contributed by atoms with E-state index in [4.69, 9.17) is 19.9 Å². The van der Waals surface area contributed by atoms with Crippen molar-refractivity contribution in [1.82, 2.24) is 34.7 Å². The van der Waals surface area contributed by atoms with Crippen molar-refractivity contribution in [3.63, 3.8) is 0 Å². The van der Waals surface area contributed by atoms with Crippen LogP contribution >= 0.6 is 0 Å². The first kappa shape index (κ1) is 14.8. The number of aromatic nitrogens is 7. The van der Waals surface area contributed by atoms with E-state index in [-0.39, 0.29) is 6.04 Å². The fourth-order valence-electron chi connectivity index (χ4n) is 3.51. The summed E-state index contributed by atoms with van der Waals surface area (Å²) in [6.07, 6.45) is 5.23. The standard InChI is InChI=1S/C17H21N7O/c1-10-13(8-18-20-10)16-19-17(24(22-16)12-5-6-25-9-12)14-7-15(11-3-4-11)23(2)21-14/h7-8,11-12H,3-6,9H2,1-2H3,(H,18,20). The zero-order valence-electron chi connectivity index (χ0n) is 14.4. The summed E-state index contributed by atoms with van der Waals surface area (Å²) >= 11 is 0. The first-order valence-electron chi connectivity index (χ1n) is 8.79. The van der Waals surface area contributed by atoms with Crippen LogP contribution in [-0.2, 0) is 11.8 Å². The van der Waals surface area contributed by atoms with Gasteiger partial charge in [-0.25, -0.2) is 9.67 Å². The van der Waals surface area contributed by atoms with E-state index in [1.807, 2.05) is 23.3 Å². The lowest BCUT2D eigenvalue weighted by Crippen LogP contribution is -2.12. The topological polar surface area (TPSA) is 86.4 Å². The minimum atomic E-state index is 0.204. The number of ether oxygens (including phenoxy) is 1. The minimum Gasteiger partial charge on any atom is -0.379 e. The highest BCUT2D eigenvalue weighted by molar-refractivity contribution is 5.61. The zero-order valence-corrected chi connectivity index (χ0v) is 14.4. The van der Waals surface area contributed by atoms with Gasteiger partial charge in [0.25, 0.3) is 0 Å². The molecule has 1 unspecified atom stereocenters. The minimum absolute atomic E-state index is 0.204. The lowest BCUT2D eigenvalue weighted by Gasteiger charge is -2.09. The van der Waals surface area contributed by atoms with Crippen LogP contribution in [0.3, 0.4) is 0 Å². The van der Waals surface area contributed by atoms with E-state index in [1.54, 1.807) is 6.20 Å². The van der Waals surface area contributed by atoms with Crippen molar-refractivity contribution in [3.05, 3.63) is 23.7 Å². The summed E-state index contributed by atoms with van der Waals surface area (Å²) < 4.78 is 9.55. The summed E-state index contributed by atoms with van der Waals surface area (Å²) in [4.78, 5) is 4.82. The fraction of sp³-hybridized carbons (Fsp3) is 0.529. The number of nitrogens with zero attached hydrogens (tertiary/aromatic N) is 6. The van der Waals surface area contributed by atoms with Crippen LogP contribution in [0.5, 0.6) is 0 Å². The van der Waals surface area contributed by atoms with Gasteiger partial charge in [0, 0.05) is 31.0 Å². The maximum absolute atomic E-state index is 5.57. The van der Waals surface area contributed by atoms with Crippen LogP contribution in [0.1, 0.15) is 42.6 Å². The van der Waals surface area contributed by atoms with Crippen LogP contribution in [0, 0.1) is 6.92 Å². The van der Waals surface area contributed by atoms with Crippen molar-refractivity contribution < 1.29 is 4.74 Å². The lowest BCUT2D eigenvalue weighted by molar-refractivity contribution is 0.185. The molecule has 1 aliphatic carbocycles. The largest absolute Gasteiger partial charge is 0.379 e.